The molecule has 0 aromatic heterocycles. The molecule has 0 saturated carbocycles. The molecule has 0 spiro atoms. The van der Waals surface area contributed by atoms with Crippen molar-refractivity contribution in [3.05, 3.63) is 57.0 Å². The van der Waals surface area contributed by atoms with Crippen molar-refractivity contribution in [3.8, 4) is 0 Å². The third kappa shape index (κ3) is 4.02. The van der Waals surface area contributed by atoms with E-state index in [0.717, 1.165) is 12.1 Å². The lowest BCUT2D eigenvalue weighted by Gasteiger charge is -2.12. The summed E-state index contributed by atoms with van der Waals surface area (Å²) in [6, 6.07) is 9.03. The van der Waals surface area contributed by atoms with E-state index < -0.39 is 26.7 Å². The van der Waals surface area contributed by atoms with E-state index in [2.05, 4.69) is 36.6 Å². The van der Waals surface area contributed by atoms with Crippen LogP contribution in [0, 0.1) is 0 Å². The predicted octanol–water partition coefficient (Wildman–Crippen LogP) is 5.03. The second-order valence-electron chi connectivity index (χ2n) is 4.26. The van der Waals surface area contributed by atoms with E-state index in [4.69, 9.17) is 0 Å². The number of alkyl halides is 3. The molecule has 9 heteroatoms. The molecule has 0 aliphatic heterocycles. The van der Waals surface area contributed by atoms with Gasteiger partial charge in [-0.3, -0.25) is 4.72 Å². The lowest BCUT2D eigenvalue weighted by Crippen LogP contribution is -2.15. The first kappa shape index (κ1) is 17.3. The standard InChI is InChI=1S/C13H8Br2F3NO2S/c14-8-2-1-3-9(6-8)19-22(20,21)10-4-5-12(15)11(7-10)13(16,17)18/h1-7,19H. The number of benzene rings is 2. The third-order valence-corrected chi connectivity index (χ3v) is 5.19. The van der Waals surface area contributed by atoms with Crippen molar-refractivity contribution in [2.75, 3.05) is 4.72 Å². The maximum Gasteiger partial charge on any atom is 0.417 e. The molecule has 0 unspecified atom stereocenters. The molecule has 0 aliphatic carbocycles. The maximum atomic E-state index is 12.8. The second-order valence-corrected chi connectivity index (χ2v) is 7.71. The molecule has 0 aliphatic rings. The highest BCUT2D eigenvalue weighted by Crippen LogP contribution is 2.36. The Balaban J connectivity index is 2.42. The smallest absolute Gasteiger partial charge is 0.280 e. The van der Waals surface area contributed by atoms with Crippen molar-refractivity contribution in [2.45, 2.75) is 11.1 Å². The Morgan fingerprint density at radius 1 is 1.00 bits per heavy atom. The van der Waals surface area contributed by atoms with Crippen LogP contribution in [0.3, 0.4) is 0 Å². The average molecular weight is 459 g/mol. The third-order valence-electron chi connectivity index (χ3n) is 2.63. The van der Waals surface area contributed by atoms with Gasteiger partial charge in [0.2, 0.25) is 0 Å². The Morgan fingerprint density at radius 3 is 2.27 bits per heavy atom. The van der Waals surface area contributed by atoms with Crippen LogP contribution in [0.25, 0.3) is 0 Å². The lowest BCUT2D eigenvalue weighted by atomic mass is 10.2. The Bertz CT molecular complexity index is 807. The van der Waals surface area contributed by atoms with Crippen molar-refractivity contribution >= 4 is 47.6 Å². The van der Waals surface area contributed by atoms with Gasteiger partial charge in [-0.15, -0.1) is 0 Å². The lowest BCUT2D eigenvalue weighted by molar-refractivity contribution is -0.138. The fourth-order valence-electron chi connectivity index (χ4n) is 1.65. The summed E-state index contributed by atoms with van der Waals surface area (Å²) >= 11 is 5.95. The summed E-state index contributed by atoms with van der Waals surface area (Å²) in [5.41, 5.74) is -0.810. The largest absolute Gasteiger partial charge is 0.417 e. The molecule has 0 saturated heterocycles. The van der Waals surface area contributed by atoms with E-state index >= 15 is 0 Å². The first-order valence-corrected chi connectivity index (χ1v) is 8.82. The molecule has 22 heavy (non-hydrogen) atoms. The van der Waals surface area contributed by atoms with Gasteiger partial charge in [-0.05, 0) is 36.4 Å². The Morgan fingerprint density at radius 2 is 1.68 bits per heavy atom. The molecular weight excluding hydrogens is 451 g/mol. The van der Waals surface area contributed by atoms with Gasteiger partial charge in [0.15, 0.2) is 0 Å². The number of sulfonamides is 1. The molecule has 2 rings (SSSR count). The van der Waals surface area contributed by atoms with Gasteiger partial charge in [0, 0.05) is 14.6 Å². The fourth-order valence-corrected chi connectivity index (χ4v) is 3.60. The minimum atomic E-state index is -4.65. The molecule has 118 valence electrons. The molecule has 2 aromatic carbocycles. The number of nitrogens with one attached hydrogen (secondary N) is 1. The Kier molecular flexibility index (Phi) is 4.88. The normalized spacial score (nSPS) is 12.2. The molecule has 3 nitrogen and oxygen atoms in total. The highest BCUT2D eigenvalue weighted by atomic mass is 79.9. The van der Waals surface area contributed by atoms with Gasteiger partial charge in [-0.25, -0.2) is 8.42 Å². The summed E-state index contributed by atoms with van der Waals surface area (Å²) < 4.78 is 65.6. The minimum Gasteiger partial charge on any atom is -0.280 e. The zero-order chi connectivity index (χ0) is 16.5. The zero-order valence-electron chi connectivity index (χ0n) is 10.7. The number of rotatable bonds is 3. The van der Waals surface area contributed by atoms with Crippen molar-refractivity contribution in [1.82, 2.24) is 0 Å². The Hall–Kier alpha value is -1.06. The van der Waals surface area contributed by atoms with Crippen LogP contribution in [-0.2, 0) is 16.2 Å². The van der Waals surface area contributed by atoms with Gasteiger partial charge in [0.1, 0.15) is 0 Å². The molecule has 0 heterocycles. The molecule has 0 amide bonds. The van der Waals surface area contributed by atoms with Gasteiger partial charge >= 0.3 is 6.18 Å². The topological polar surface area (TPSA) is 46.2 Å². The first-order valence-electron chi connectivity index (χ1n) is 5.75. The number of halogens is 5. The van der Waals surface area contributed by atoms with Gasteiger partial charge in [0.25, 0.3) is 10.0 Å². The number of anilines is 1. The van der Waals surface area contributed by atoms with E-state index in [0.29, 0.717) is 10.5 Å². The molecule has 1 N–H and O–H groups in total. The predicted molar refractivity (Wildman–Crippen MR) is 84.1 cm³/mol. The quantitative estimate of drug-likeness (QED) is 0.700. The average Bonchev–Trinajstić information content (AvgIpc) is 2.36. The van der Waals surface area contributed by atoms with Crippen molar-refractivity contribution in [2.24, 2.45) is 0 Å². The van der Waals surface area contributed by atoms with E-state index in [1.165, 1.54) is 12.1 Å². The summed E-state index contributed by atoms with van der Waals surface area (Å²) in [5, 5.41) is 0. The fraction of sp³-hybridized carbons (Fsp3) is 0.0769. The maximum absolute atomic E-state index is 12.8. The number of hydrogen-bond acceptors (Lipinski definition) is 2. The monoisotopic (exact) mass is 457 g/mol. The van der Waals surface area contributed by atoms with Crippen LogP contribution in [0.5, 0.6) is 0 Å². The molecule has 2 aromatic rings. The van der Waals surface area contributed by atoms with E-state index in [-0.39, 0.29) is 10.2 Å². The summed E-state index contributed by atoms with van der Waals surface area (Å²) in [4.78, 5) is -0.469. The van der Waals surface area contributed by atoms with Crippen molar-refractivity contribution in [3.63, 3.8) is 0 Å². The zero-order valence-corrected chi connectivity index (χ0v) is 14.6. The summed E-state index contributed by atoms with van der Waals surface area (Å²) in [6.07, 6.45) is -4.65. The first-order chi connectivity index (χ1) is 10.1. The summed E-state index contributed by atoms with van der Waals surface area (Å²) in [6.45, 7) is 0. The van der Waals surface area contributed by atoms with Crippen LogP contribution in [-0.4, -0.2) is 8.42 Å². The van der Waals surface area contributed by atoms with Crippen molar-refractivity contribution < 1.29 is 21.6 Å². The van der Waals surface area contributed by atoms with E-state index in [1.807, 2.05) is 0 Å². The van der Waals surface area contributed by atoms with Gasteiger partial charge < -0.3 is 0 Å². The summed E-state index contributed by atoms with van der Waals surface area (Å²) in [5.74, 6) is 0. The molecule has 0 fully saturated rings. The van der Waals surface area contributed by atoms with Crippen LogP contribution in [0.1, 0.15) is 5.56 Å². The van der Waals surface area contributed by atoms with E-state index in [1.54, 1.807) is 12.1 Å². The second kappa shape index (κ2) is 6.21. The van der Waals surface area contributed by atoms with Crippen LogP contribution >= 0.6 is 31.9 Å². The van der Waals surface area contributed by atoms with Gasteiger partial charge in [0.05, 0.1) is 10.5 Å². The Labute approximate surface area is 141 Å². The molecule has 0 atom stereocenters. The SMILES string of the molecule is O=S(=O)(Nc1cccc(Br)c1)c1ccc(Br)c(C(F)(F)F)c1. The highest BCUT2D eigenvalue weighted by molar-refractivity contribution is 9.10. The van der Waals surface area contributed by atoms with Crippen molar-refractivity contribution in [1.29, 1.82) is 0 Å². The summed E-state index contributed by atoms with van der Waals surface area (Å²) in [7, 11) is -4.12. The van der Waals surface area contributed by atoms with Gasteiger partial charge in [-0.2, -0.15) is 13.2 Å². The van der Waals surface area contributed by atoms with Crippen LogP contribution in [0.2, 0.25) is 0 Å². The van der Waals surface area contributed by atoms with Gasteiger partial charge in [-0.1, -0.05) is 37.9 Å². The molecule has 0 radical (unpaired) electrons. The molecule has 0 bridgehead atoms. The number of hydrogen-bond donors (Lipinski definition) is 1. The van der Waals surface area contributed by atoms with Crippen LogP contribution < -0.4 is 4.72 Å². The highest BCUT2D eigenvalue weighted by Gasteiger charge is 2.34. The van der Waals surface area contributed by atoms with E-state index in [9.17, 15) is 21.6 Å². The van der Waals surface area contributed by atoms with Crippen LogP contribution in [0.4, 0.5) is 18.9 Å². The van der Waals surface area contributed by atoms with Crippen LogP contribution in [0.15, 0.2) is 56.3 Å². The molecular formula is C13H8Br2F3NO2S. The minimum absolute atomic E-state index is 0.221.